The number of nitrogens with zero attached hydrogens (tertiary/aromatic N) is 1. The first-order valence-corrected chi connectivity index (χ1v) is 8.83. The van der Waals surface area contributed by atoms with Gasteiger partial charge in [0.05, 0.1) is 15.8 Å². The van der Waals surface area contributed by atoms with E-state index in [2.05, 4.69) is 0 Å². The van der Waals surface area contributed by atoms with Crippen LogP contribution in [0.1, 0.15) is 12.8 Å². The summed E-state index contributed by atoms with van der Waals surface area (Å²) >= 11 is 9.10. The smallest absolute Gasteiger partial charge is 0.335 e. The van der Waals surface area contributed by atoms with Gasteiger partial charge in [0.15, 0.2) is 0 Å². The summed E-state index contributed by atoms with van der Waals surface area (Å²) in [6.45, 7) is 0.769. The molecule has 0 radical (unpaired) electrons. The maximum absolute atomic E-state index is 12.3. The van der Waals surface area contributed by atoms with E-state index in [1.165, 1.54) is 24.2 Å². The lowest BCUT2D eigenvalue weighted by Gasteiger charge is -2.05. The highest BCUT2D eigenvalue weighted by Crippen LogP contribution is 2.40. The summed E-state index contributed by atoms with van der Waals surface area (Å²) in [5.41, 5.74) is 1.26. The highest BCUT2D eigenvalue weighted by atomic mass is 35.5. The standard InChI is InChI=1S/C15H12ClNO2S2/c16-12-6-5-11(21-12)14-13(10-2-1-7-20-10)15(18)19-17(14)8-9-3-4-9/h1-2,5-7,9H,3-4,8H2. The van der Waals surface area contributed by atoms with E-state index in [-0.39, 0.29) is 5.63 Å². The van der Waals surface area contributed by atoms with E-state index in [4.69, 9.17) is 16.1 Å². The molecule has 1 fully saturated rings. The van der Waals surface area contributed by atoms with Gasteiger partial charge < -0.3 is 4.52 Å². The lowest BCUT2D eigenvalue weighted by molar-refractivity contribution is 0.246. The van der Waals surface area contributed by atoms with Crippen LogP contribution in [0.25, 0.3) is 21.0 Å². The van der Waals surface area contributed by atoms with Crippen LogP contribution in [0.15, 0.2) is 39.0 Å². The van der Waals surface area contributed by atoms with Gasteiger partial charge in [-0.05, 0) is 42.3 Å². The largest absolute Gasteiger partial charge is 0.366 e. The monoisotopic (exact) mass is 337 g/mol. The normalized spacial score (nSPS) is 14.7. The third-order valence-corrected chi connectivity index (χ3v) is 5.70. The predicted octanol–water partition coefficient (Wildman–Crippen LogP) is 4.96. The zero-order valence-electron chi connectivity index (χ0n) is 11.0. The lowest BCUT2D eigenvalue weighted by atomic mass is 10.2. The second kappa shape index (κ2) is 5.16. The van der Waals surface area contributed by atoms with Gasteiger partial charge in [-0.3, -0.25) is 0 Å². The Morgan fingerprint density at radius 1 is 1.29 bits per heavy atom. The lowest BCUT2D eigenvalue weighted by Crippen LogP contribution is -2.00. The molecular formula is C15H12ClNO2S2. The van der Waals surface area contributed by atoms with Crippen molar-refractivity contribution in [3.63, 3.8) is 0 Å². The minimum Gasteiger partial charge on any atom is -0.335 e. The summed E-state index contributed by atoms with van der Waals surface area (Å²) in [6.07, 6.45) is 2.42. The molecule has 0 unspecified atom stereocenters. The molecule has 4 rings (SSSR count). The molecule has 0 N–H and O–H groups in total. The first-order valence-electron chi connectivity index (χ1n) is 6.76. The van der Waals surface area contributed by atoms with Crippen LogP contribution in [0.2, 0.25) is 4.34 Å². The van der Waals surface area contributed by atoms with E-state index in [1.54, 1.807) is 16.1 Å². The van der Waals surface area contributed by atoms with E-state index in [0.29, 0.717) is 15.8 Å². The average molecular weight is 338 g/mol. The van der Waals surface area contributed by atoms with E-state index >= 15 is 0 Å². The Kier molecular flexibility index (Phi) is 3.28. The van der Waals surface area contributed by atoms with Crippen molar-refractivity contribution in [1.82, 2.24) is 4.74 Å². The van der Waals surface area contributed by atoms with Gasteiger partial charge in [-0.2, -0.15) is 0 Å². The van der Waals surface area contributed by atoms with E-state index in [1.807, 2.05) is 29.6 Å². The van der Waals surface area contributed by atoms with Gasteiger partial charge in [0, 0.05) is 4.88 Å². The topological polar surface area (TPSA) is 35.1 Å². The molecule has 0 atom stereocenters. The molecule has 1 aliphatic rings. The van der Waals surface area contributed by atoms with Gasteiger partial charge in [-0.15, -0.1) is 22.7 Å². The molecule has 0 aliphatic heterocycles. The Bertz CT molecular complexity index is 824. The Morgan fingerprint density at radius 2 is 2.14 bits per heavy atom. The number of thiophene rings is 2. The molecule has 3 aromatic heterocycles. The van der Waals surface area contributed by atoms with Crippen molar-refractivity contribution in [3.05, 3.63) is 44.4 Å². The fourth-order valence-electron chi connectivity index (χ4n) is 2.40. The summed E-state index contributed by atoms with van der Waals surface area (Å²) in [5.74, 6) is 0.630. The Labute approximate surface area is 134 Å². The van der Waals surface area contributed by atoms with Crippen LogP contribution in [0.3, 0.4) is 0 Å². The van der Waals surface area contributed by atoms with Gasteiger partial charge in [-0.1, -0.05) is 17.7 Å². The Balaban J connectivity index is 1.92. The van der Waals surface area contributed by atoms with Crippen LogP contribution in [0.4, 0.5) is 0 Å². The summed E-state index contributed by atoms with van der Waals surface area (Å²) in [7, 11) is 0. The van der Waals surface area contributed by atoms with E-state index in [0.717, 1.165) is 22.0 Å². The molecular weight excluding hydrogens is 326 g/mol. The summed E-state index contributed by atoms with van der Waals surface area (Å²) in [4.78, 5) is 14.3. The molecule has 0 amide bonds. The molecule has 3 nitrogen and oxygen atoms in total. The van der Waals surface area contributed by atoms with Crippen molar-refractivity contribution in [3.8, 4) is 21.0 Å². The van der Waals surface area contributed by atoms with Crippen molar-refractivity contribution in [1.29, 1.82) is 0 Å². The van der Waals surface area contributed by atoms with Crippen molar-refractivity contribution in [2.45, 2.75) is 19.4 Å². The number of aromatic nitrogens is 1. The maximum atomic E-state index is 12.3. The summed E-state index contributed by atoms with van der Waals surface area (Å²) < 4.78 is 7.99. The summed E-state index contributed by atoms with van der Waals surface area (Å²) in [5, 5.41) is 1.97. The van der Waals surface area contributed by atoms with Crippen molar-refractivity contribution in [2.24, 2.45) is 5.92 Å². The van der Waals surface area contributed by atoms with Crippen molar-refractivity contribution in [2.75, 3.05) is 0 Å². The van der Waals surface area contributed by atoms with Gasteiger partial charge in [0.2, 0.25) is 0 Å². The maximum Gasteiger partial charge on any atom is 0.366 e. The molecule has 0 aromatic carbocycles. The van der Waals surface area contributed by atoms with Gasteiger partial charge in [0.1, 0.15) is 11.3 Å². The third kappa shape index (κ3) is 2.50. The Hall–Kier alpha value is -1.30. The zero-order valence-corrected chi connectivity index (χ0v) is 13.4. The van der Waals surface area contributed by atoms with Gasteiger partial charge in [-0.25, -0.2) is 9.53 Å². The molecule has 21 heavy (non-hydrogen) atoms. The van der Waals surface area contributed by atoms with Crippen LogP contribution in [-0.2, 0) is 6.54 Å². The molecule has 0 spiro atoms. The predicted molar refractivity (Wildman–Crippen MR) is 87.3 cm³/mol. The quantitative estimate of drug-likeness (QED) is 0.674. The van der Waals surface area contributed by atoms with Crippen LogP contribution in [0.5, 0.6) is 0 Å². The van der Waals surface area contributed by atoms with Crippen molar-refractivity contribution < 1.29 is 4.52 Å². The minimum atomic E-state index is -0.266. The fraction of sp³-hybridized carbons (Fsp3) is 0.267. The molecule has 0 saturated heterocycles. The van der Waals surface area contributed by atoms with E-state index in [9.17, 15) is 4.79 Å². The molecule has 3 aromatic rings. The molecule has 6 heteroatoms. The average Bonchev–Trinajstić information content (AvgIpc) is 2.87. The van der Waals surface area contributed by atoms with Crippen molar-refractivity contribution >= 4 is 34.3 Å². The van der Waals surface area contributed by atoms with Crippen LogP contribution >= 0.6 is 34.3 Å². The SMILES string of the molecule is O=c1on(CC2CC2)c(-c2ccc(Cl)s2)c1-c1cccs1. The second-order valence-electron chi connectivity index (χ2n) is 5.19. The van der Waals surface area contributed by atoms with Crippen LogP contribution in [-0.4, -0.2) is 4.74 Å². The second-order valence-corrected chi connectivity index (χ2v) is 7.85. The first kappa shape index (κ1) is 13.4. The summed E-state index contributed by atoms with van der Waals surface area (Å²) in [6, 6.07) is 7.72. The van der Waals surface area contributed by atoms with E-state index < -0.39 is 0 Å². The van der Waals surface area contributed by atoms with Gasteiger partial charge in [0.25, 0.3) is 0 Å². The number of halogens is 1. The fourth-order valence-corrected chi connectivity index (χ4v) is 4.26. The number of hydrogen-bond donors (Lipinski definition) is 0. The van der Waals surface area contributed by atoms with Gasteiger partial charge >= 0.3 is 5.63 Å². The molecule has 1 aliphatic carbocycles. The zero-order chi connectivity index (χ0) is 14.4. The number of rotatable bonds is 4. The highest BCUT2D eigenvalue weighted by Gasteiger charge is 2.28. The molecule has 3 heterocycles. The highest BCUT2D eigenvalue weighted by molar-refractivity contribution is 7.19. The number of hydrogen-bond acceptors (Lipinski definition) is 4. The molecule has 1 saturated carbocycles. The minimum absolute atomic E-state index is 0.266. The first-order chi connectivity index (χ1) is 10.2. The van der Waals surface area contributed by atoms with Crippen LogP contribution in [0, 0.1) is 5.92 Å². The van der Waals surface area contributed by atoms with Crippen LogP contribution < -0.4 is 5.63 Å². The molecule has 0 bridgehead atoms. The Morgan fingerprint density at radius 3 is 2.76 bits per heavy atom. The third-order valence-electron chi connectivity index (χ3n) is 3.58. The molecule has 108 valence electrons.